The molecule has 1 fully saturated rings. The normalized spacial score (nSPS) is 16.5. The Balaban J connectivity index is 2.17. The highest BCUT2D eigenvalue weighted by atomic mass is 32.2. The Kier molecular flexibility index (Phi) is 4.20. The summed E-state index contributed by atoms with van der Waals surface area (Å²) in [4.78, 5) is 11.7. The number of carbonyl (C=O) groups is 1. The highest BCUT2D eigenvalue weighted by molar-refractivity contribution is 7.89. The van der Waals surface area contributed by atoms with Crippen LogP contribution in [0, 0.1) is 12.7 Å². The lowest BCUT2D eigenvalue weighted by atomic mass is 10.2. The maximum Gasteiger partial charge on any atom is 0.241 e. The average Bonchev–Trinajstić information content (AvgIpc) is 3.16. The molecule has 0 heterocycles. The van der Waals surface area contributed by atoms with Gasteiger partial charge in [-0.15, -0.1) is 0 Å². The van der Waals surface area contributed by atoms with Gasteiger partial charge in [-0.25, -0.2) is 12.8 Å². The number of aryl methyl sites for hydroxylation is 1. The molecule has 0 radical (unpaired) electrons. The molecular weight excluding hydrogens is 297 g/mol. The second-order valence-corrected chi connectivity index (χ2v) is 6.95. The number of benzene rings is 1. The lowest BCUT2D eigenvalue weighted by Crippen LogP contribution is -2.45. The lowest BCUT2D eigenvalue weighted by molar-refractivity contribution is -0.122. The molecule has 0 spiro atoms. The number of nitrogen functional groups attached to an aromatic ring is 1. The van der Waals surface area contributed by atoms with E-state index in [1.54, 1.807) is 0 Å². The second-order valence-electron chi connectivity index (χ2n) is 5.27. The number of hydrogen-bond acceptors (Lipinski definition) is 4. The predicted octanol–water partition coefficient (Wildman–Crippen LogP) is 0.662. The summed E-state index contributed by atoms with van der Waals surface area (Å²) < 4.78 is 40.1. The van der Waals surface area contributed by atoms with Gasteiger partial charge in [0.05, 0.1) is 16.6 Å². The lowest BCUT2D eigenvalue weighted by Gasteiger charge is -2.15. The van der Waals surface area contributed by atoms with Crippen LogP contribution in [0.4, 0.5) is 10.1 Å². The molecule has 1 atom stereocenters. The van der Waals surface area contributed by atoms with Crippen molar-refractivity contribution in [3.05, 3.63) is 23.5 Å². The Labute approximate surface area is 123 Å². The molecule has 1 unspecified atom stereocenters. The Bertz CT molecular complexity index is 671. The number of amides is 1. The van der Waals surface area contributed by atoms with Crippen LogP contribution in [0.1, 0.15) is 25.3 Å². The molecule has 1 aromatic rings. The van der Waals surface area contributed by atoms with Crippen molar-refractivity contribution < 1.29 is 17.6 Å². The zero-order valence-corrected chi connectivity index (χ0v) is 12.6. The van der Waals surface area contributed by atoms with Crippen molar-refractivity contribution >= 4 is 21.6 Å². The maximum atomic E-state index is 13.3. The first-order chi connectivity index (χ1) is 9.70. The van der Waals surface area contributed by atoms with Crippen LogP contribution >= 0.6 is 0 Å². The van der Waals surface area contributed by atoms with Crippen LogP contribution < -0.4 is 15.8 Å². The van der Waals surface area contributed by atoms with Gasteiger partial charge in [-0.3, -0.25) is 4.79 Å². The fraction of sp³-hybridized carbons (Fsp3) is 0.462. The SMILES string of the molecule is Cc1cc(F)c(N)cc1S(=O)(=O)NC(C)C(=O)NC1CC1. The van der Waals surface area contributed by atoms with Gasteiger partial charge in [0, 0.05) is 6.04 Å². The summed E-state index contributed by atoms with van der Waals surface area (Å²) in [6.45, 7) is 2.92. The van der Waals surface area contributed by atoms with E-state index in [0.717, 1.165) is 25.0 Å². The van der Waals surface area contributed by atoms with Crippen LogP contribution in [-0.2, 0) is 14.8 Å². The van der Waals surface area contributed by atoms with Crippen LogP contribution in [0.15, 0.2) is 17.0 Å². The monoisotopic (exact) mass is 315 g/mol. The number of sulfonamides is 1. The molecule has 0 bridgehead atoms. The Morgan fingerprint density at radius 3 is 2.62 bits per heavy atom. The zero-order valence-electron chi connectivity index (χ0n) is 11.8. The minimum atomic E-state index is -3.95. The number of halogens is 1. The molecule has 0 aromatic heterocycles. The number of hydrogen-bond donors (Lipinski definition) is 3. The van der Waals surface area contributed by atoms with Gasteiger partial charge in [0.2, 0.25) is 15.9 Å². The molecule has 21 heavy (non-hydrogen) atoms. The van der Waals surface area contributed by atoms with Gasteiger partial charge in [0.15, 0.2) is 0 Å². The first-order valence-electron chi connectivity index (χ1n) is 6.59. The van der Waals surface area contributed by atoms with Crippen LogP contribution in [-0.4, -0.2) is 26.4 Å². The minimum Gasteiger partial charge on any atom is -0.396 e. The van der Waals surface area contributed by atoms with E-state index >= 15 is 0 Å². The van der Waals surface area contributed by atoms with Gasteiger partial charge >= 0.3 is 0 Å². The van der Waals surface area contributed by atoms with Crippen LogP contribution in [0.3, 0.4) is 0 Å². The first-order valence-corrected chi connectivity index (χ1v) is 8.07. The van der Waals surface area contributed by atoms with E-state index in [0.29, 0.717) is 0 Å². The smallest absolute Gasteiger partial charge is 0.241 e. The zero-order chi connectivity index (χ0) is 15.8. The molecule has 1 aromatic carbocycles. The molecule has 1 aliphatic rings. The fourth-order valence-electron chi connectivity index (χ4n) is 1.86. The van der Waals surface area contributed by atoms with Crippen molar-refractivity contribution in [2.45, 2.75) is 43.7 Å². The van der Waals surface area contributed by atoms with Crippen molar-refractivity contribution in [1.29, 1.82) is 0 Å². The Hall–Kier alpha value is -1.67. The van der Waals surface area contributed by atoms with Gasteiger partial charge in [-0.2, -0.15) is 4.72 Å². The standard InChI is InChI=1S/C13H18FN3O3S/c1-7-5-10(14)11(15)6-12(7)21(19,20)17-8(2)13(18)16-9-3-4-9/h5-6,8-9,17H,3-4,15H2,1-2H3,(H,16,18). The molecule has 4 N–H and O–H groups in total. The van der Waals surface area contributed by atoms with Crippen molar-refractivity contribution in [2.75, 3.05) is 5.73 Å². The van der Waals surface area contributed by atoms with Crippen molar-refractivity contribution in [3.8, 4) is 0 Å². The minimum absolute atomic E-state index is 0.132. The van der Waals surface area contributed by atoms with E-state index in [1.165, 1.54) is 13.8 Å². The topological polar surface area (TPSA) is 101 Å². The third kappa shape index (κ3) is 3.70. The summed E-state index contributed by atoms with van der Waals surface area (Å²) in [7, 11) is -3.95. The molecule has 8 heteroatoms. The number of rotatable bonds is 5. The van der Waals surface area contributed by atoms with E-state index in [4.69, 9.17) is 5.73 Å². The molecule has 0 saturated heterocycles. The number of nitrogens with one attached hydrogen (secondary N) is 2. The molecule has 1 saturated carbocycles. The predicted molar refractivity (Wildman–Crippen MR) is 76.5 cm³/mol. The maximum absolute atomic E-state index is 13.3. The summed E-state index contributed by atoms with van der Waals surface area (Å²) in [6, 6.07) is 1.34. The van der Waals surface area contributed by atoms with E-state index in [-0.39, 0.29) is 28.1 Å². The van der Waals surface area contributed by atoms with E-state index in [9.17, 15) is 17.6 Å². The van der Waals surface area contributed by atoms with E-state index < -0.39 is 21.9 Å². The molecule has 1 amide bonds. The van der Waals surface area contributed by atoms with Crippen molar-refractivity contribution in [2.24, 2.45) is 0 Å². The highest BCUT2D eigenvalue weighted by Crippen LogP contribution is 2.22. The van der Waals surface area contributed by atoms with Gasteiger partial charge in [0.1, 0.15) is 5.82 Å². The molecular formula is C13H18FN3O3S. The quantitative estimate of drug-likeness (QED) is 0.695. The average molecular weight is 315 g/mol. The second kappa shape index (κ2) is 5.61. The summed E-state index contributed by atoms with van der Waals surface area (Å²) in [5.41, 5.74) is 5.38. The Morgan fingerprint density at radius 1 is 1.43 bits per heavy atom. The molecule has 6 nitrogen and oxygen atoms in total. The van der Waals surface area contributed by atoms with Gasteiger partial charge in [0.25, 0.3) is 0 Å². The first kappa shape index (κ1) is 15.7. The summed E-state index contributed by atoms with van der Waals surface area (Å²) in [5.74, 6) is -1.06. The molecule has 0 aliphatic heterocycles. The van der Waals surface area contributed by atoms with Crippen molar-refractivity contribution in [3.63, 3.8) is 0 Å². The van der Waals surface area contributed by atoms with Gasteiger partial charge in [-0.05, 0) is 44.4 Å². The number of anilines is 1. The highest BCUT2D eigenvalue weighted by Gasteiger charge is 2.28. The molecule has 1 aliphatic carbocycles. The van der Waals surface area contributed by atoms with Gasteiger partial charge in [-0.1, -0.05) is 0 Å². The largest absolute Gasteiger partial charge is 0.396 e. The van der Waals surface area contributed by atoms with Crippen LogP contribution in [0.25, 0.3) is 0 Å². The molecule has 116 valence electrons. The third-order valence-electron chi connectivity index (χ3n) is 3.23. The summed E-state index contributed by atoms with van der Waals surface area (Å²) in [6.07, 6.45) is 1.83. The number of nitrogens with two attached hydrogens (primary N) is 1. The summed E-state index contributed by atoms with van der Waals surface area (Å²) >= 11 is 0. The van der Waals surface area contributed by atoms with E-state index in [1.807, 2.05) is 0 Å². The fourth-order valence-corrected chi connectivity index (χ4v) is 3.33. The van der Waals surface area contributed by atoms with E-state index in [2.05, 4.69) is 10.0 Å². The van der Waals surface area contributed by atoms with Gasteiger partial charge < -0.3 is 11.1 Å². The number of carbonyl (C=O) groups excluding carboxylic acids is 1. The van der Waals surface area contributed by atoms with Crippen LogP contribution in [0.2, 0.25) is 0 Å². The summed E-state index contributed by atoms with van der Waals surface area (Å²) in [5, 5.41) is 2.71. The molecule has 2 rings (SSSR count). The third-order valence-corrected chi connectivity index (χ3v) is 4.92. The van der Waals surface area contributed by atoms with Crippen molar-refractivity contribution in [1.82, 2.24) is 10.0 Å². The Morgan fingerprint density at radius 2 is 2.05 bits per heavy atom. The van der Waals surface area contributed by atoms with Crippen LogP contribution in [0.5, 0.6) is 0 Å².